The molecular formula is C13H15Cl2N. The van der Waals surface area contributed by atoms with Gasteiger partial charge in [0.15, 0.2) is 0 Å². The minimum Gasteiger partial charge on any atom is -0.313 e. The van der Waals surface area contributed by atoms with Crippen molar-refractivity contribution >= 4 is 23.2 Å². The van der Waals surface area contributed by atoms with Gasteiger partial charge < -0.3 is 5.32 Å². The van der Waals surface area contributed by atoms with Crippen LogP contribution in [0.15, 0.2) is 18.2 Å². The maximum absolute atomic E-state index is 6.27. The van der Waals surface area contributed by atoms with Gasteiger partial charge in [0.05, 0.1) is 0 Å². The van der Waals surface area contributed by atoms with Gasteiger partial charge in [-0.1, -0.05) is 29.3 Å². The van der Waals surface area contributed by atoms with Gasteiger partial charge in [0.1, 0.15) is 0 Å². The number of hydrogen-bond acceptors (Lipinski definition) is 1. The third-order valence-electron chi connectivity index (χ3n) is 3.66. The van der Waals surface area contributed by atoms with E-state index in [2.05, 4.69) is 11.4 Å². The summed E-state index contributed by atoms with van der Waals surface area (Å²) >= 11 is 12.2. The zero-order chi connectivity index (χ0) is 11.2. The SMILES string of the molecule is Clc1ccc(C2(CNC3CC3)CC2)c(Cl)c1. The maximum Gasteiger partial charge on any atom is 0.0458 e. The maximum atomic E-state index is 6.27. The second-order valence-corrected chi connectivity index (χ2v) is 5.90. The molecule has 0 amide bonds. The van der Waals surface area contributed by atoms with Crippen LogP contribution >= 0.6 is 23.2 Å². The molecule has 0 spiro atoms. The Hall–Kier alpha value is -0.240. The Bertz CT molecular complexity index is 408. The lowest BCUT2D eigenvalue weighted by atomic mass is 9.96. The quantitative estimate of drug-likeness (QED) is 0.864. The van der Waals surface area contributed by atoms with Crippen molar-refractivity contribution in [3.05, 3.63) is 33.8 Å². The lowest BCUT2D eigenvalue weighted by Crippen LogP contribution is -2.28. The Morgan fingerprint density at radius 2 is 2.00 bits per heavy atom. The Morgan fingerprint density at radius 1 is 1.25 bits per heavy atom. The largest absolute Gasteiger partial charge is 0.313 e. The van der Waals surface area contributed by atoms with Gasteiger partial charge in [0.2, 0.25) is 0 Å². The highest BCUT2D eigenvalue weighted by molar-refractivity contribution is 6.35. The molecule has 2 fully saturated rings. The standard InChI is InChI=1S/C13H15Cl2N/c14-9-1-4-11(12(15)7-9)13(5-6-13)8-16-10-2-3-10/h1,4,7,10,16H,2-3,5-6,8H2. The van der Waals surface area contributed by atoms with E-state index in [-0.39, 0.29) is 0 Å². The van der Waals surface area contributed by atoms with Gasteiger partial charge >= 0.3 is 0 Å². The summed E-state index contributed by atoms with van der Waals surface area (Å²) in [5.74, 6) is 0. The monoisotopic (exact) mass is 255 g/mol. The fourth-order valence-corrected chi connectivity index (χ4v) is 2.85. The number of nitrogens with one attached hydrogen (secondary N) is 1. The first-order valence-electron chi connectivity index (χ1n) is 5.89. The number of rotatable bonds is 4. The average Bonchev–Trinajstić information content (AvgIpc) is 3.12. The first-order chi connectivity index (χ1) is 7.70. The molecule has 0 aromatic heterocycles. The predicted octanol–water partition coefficient (Wildman–Crippen LogP) is 3.78. The van der Waals surface area contributed by atoms with Gasteiger partial charge in [-0.25, -0.2) is 0 Å². The Balaban J connectivity index is 1.78. The second-order valence-electron chi connectivity index (χ2n) is 5.06. The van der Waals surface area contributed by atoms with Crippen molar-refractivity contribution in [1.82, 2.24) is 5.32 Å². The van der Waals surface area contributed by atoms with Crippen LogP contribution in [0.2, 0.25) is 10.0 Å². The number of halogens is 2. The van der Waals surface area contributed by atoms with Crippen molar-refractivity contribution in [2.24, 2.45) is 0 Å². The van der Waals surface area contributed by atoms with Gasteiger partial charge in [-0.05, 0) is 43.4 Å². The molecule has 2 aliphatic rings. The Morgan fingerprint density at radius 3 is 2.56 bits per heavy atom. The summed E-state index contributed by atoms with van der Waals surface area (Å²) in [7, 11) is 0. The molecule has 1 aromatic carbocycles. The topological polar surface area (TPSA) is 12.0 Å². The molecule has 1 aromatic rings. The van der Waals surface area contributed by atoms with E-state index >= 15 is 0 Å². The van der Waals surface area contributed by atoms with Crippen LogP contribution in [-0.4, -0.2) is 12.6 Å². The lowest BCUT2D eigenvalue weighted by molar-refractivity contribution is 0.572. The molecule has 1 nitrogen and oxygen atoms in total. The van der Waals surface area contributed by atoms with Crippen LogP contribution in [0.3, 0.4) is 0 Å². The normalized spacial score (nSPS) is 22.1. The van der Waals surface area contributed by atoms with Crippen molar-refractivity contribution in [3.63, 3.8) is 0 Å². The minimum atomic E-state index is 0.296. The van der Waals surface area contributed by atoms with E-state index in [4.69, 9.17) is 23.2 Å². The molecule has 1 N–H and O–H groups in total. The van der Waals surface area contributed by atoms with E-state index in [9.17, 15) is 0 Å². The fourth-order valence-electron chi connectivity index (χ4n) is 2.24. The van der Waals surface area contributed by atoms with Crippen molar-refractivity contribution in [1.29, 1.82) is 0 Å². The first kappa shape index (κ1) is 10.9. The average molecular weight is 256 g/mol. The van der Waals surface area contributed by atoms with Crippen LogP contribution in [0.1, 0.15) is 31.2 Å². The minimum absolute atomic E-state index is 0.296. The van der Waals surface area contributed by atoms with Gasteiger partial charge in [-0.3, -0.25) is 0 Å². The molecule has 0 radical (unpaired) electrons. The van der Waals surface area contributed by atoms with Crippen LogP contribution < -0.4 is 5.32 Å². The fraction of sp³-hybridized carbons (Fsp3) is 0.538. The molecule has 0 bridgehead atoms. The highest BCUT2D eigenvalue weighted by Gasteiger charge is 2.45. The second kappa shape index (κ2) is 3.90. The first-order valence-corrected chi connectivity index (χ1v) is 6.64. The molecule has 0 heterocycles. The van der Waals surface area contributed by atoms with E-state index in [1.807, 2.05) is 12.1 Å². The summed E-state index contributed by atoms with van der Waals surface area (Å²) in [5.41, 5.74) is 1.57. The van der Waals surface area contributed by atoms with Crippen molar-refractivity contribution in [2.75, 3.05) is 6.54 Å². The zero-order valence-corrected chi connectivity index (χ0v) is 10.6. The summed E-state index contributed by atoms with van der Waals surface area (Å²) in [4.78, 5) is 0. The van der Waals surface area contributed by atoms with Crippen molar-refractivity contribution < 1.29 is 0 Å². The van der Waals surface area contributed by atoms with Crippen molar-refractivity contribution in [3.8, 4) is 0 Å². The van der Waals surface area contributed by atoms with E-state index < -0.39 is 0 Å². The van der Waals surface area contributed by atoms with Crippen molar-refractivity contribution in [2.45, 2.75) is 37.1 Å². The third kappa shape index (κ3) is 2.09. The molecular weight excluding hydrogens is 241 g/mol. The van der Waals surface area contributed by atoms with E-state index in [1.165, 1.54) is 31.2 Å². The van der Waals surface area contributed by atoms with E-state index in [1.54, 1.807) is 0 Å². The Labute approximate surface area is 106 Å². The summed E-state index contributed by atoms with van der Waals surface area (Å²) in [6.07, 6.45) is 5.16. The molecule has 16 heavy (non-hydrogen) atoms. The molecule has 0 atom stereocenters. The zero-order valence-electron chi connectivity index (χ0n) is 9.10. The van der Waals surface area contributed by atoms with Gasteiger partial charge in [0.25, 0.3) is 0 Å². The number of hydrogen-bond donors (Lipinski definition) is 1. The summed E-state index contributed by atoms with van der Waals surface area (Å²) < 4.78 is 0. The van der Waals surface area contributed by atoms with Gasteiger partial charge in [-0.15, -0.1) is 0 Å². The molecule has 86 valence electrons. The Kier molecular flexibility index (Phi) is 2.66. The summed E-state index contributed by atoms with van der Waals surface area (Å²) in [6.45, 7) is 1.07. The van der Waals surface area contributed by atoms with Crippen LogP contribution in [0.4, 0.5) is 0 Å². The van der Waals surface area contributed by atoms with Crippen LogP contribution in [0, 0.1) is 0 Å². The van der Waals surface area contributed by atoms with Gasteiger partial charge in [0, 0.05) is 28.0 Å². The lowest BCUT2D eigenvalue weighted by Gasteiger charge is -2.18. The van der Waals surface area contributed by atoms with Crippen LogP contribution in [0.5, 0.6) is 0 Å². The molecule has 3 rings (SSSR count). The van der Waals surface area contributed by atoms with Crippen LogP contribution in [-0.2, 0) is 5.41 Å². The molecule has 0 aliphatic heterocycles. The smallest absolute Gasteiger partial charge is 0.0458 e. The molecule has 0 saturated heterocycles. The highest BCUT2D eigenvalue weighted by atomic mass is 35.5. The van der Waals surface area contributed by atoms with Crippen LogP contribution in [0.25, 0.3) is 0 Å². The molecule has 2 aliphatic carbocycles. The number of benzene rings is 1. The summed E-state index contributed by atoms with van der Waals surface area (Å²) in [6, 6.07) is 6.66. The molecule has 3 heteroatoms. The van der Waals surface area contributed by atoms with E-state index in [0.29, 0.717) is 5.41 Å². The van der Waals surface area contributed by atoms with Gasteiger partial charge in [-0.2, -0.15) is 0 Å². The molecule has 0 unspecified atom stereocenters. The summed E-state index contributed by atoms with van der Waals surface area (Å²) in [5, 5.41) is 5.15. The predicted molar refractivity (Wildman–Crippen MR) is 68.4 cm³/mol. The third-order valence-corrected chi connectivity index (χ3v) is 4.21. The molecule has 2 saturated carbocycles. The van der Waals surface area contributed by atoms with E-state index in [0.717, 1.165) is 22.6 Å². The highest BCUT2D eigenvalue weighted by Crippen LogP contribution is 2.50.